The molecular formula is C22H25N3O4S. The van der Waals surface area contributed by atoms with Crippen LogP contribution in [0.1, 0.15) is 65.4 Å². The number of carbonyl (C=O) groups is 2. The second kappa shape index (κ2) is 8.26. The van der Waals surface area contributed by atoms with E-state index in [0.29, 0.717) is 22.2 Å². The van der Waals surface area contributed by atoms with Gasteiger partial charge < -0.3 is 14.4 Å². The smallest absolute Gasteiger partial charge is 0.257 e. The van der Waals surface area contributed by atoms with Gasteiger partial charge in [-0.1, -0.05) is 12.8 Å². The molecule has 2 aromatic rings. The first-order chi connectivity index (χ1) is 14.7. The maximum absolute atomic E-state index is 13.2. The van der Waals surface area contributed by atoms with E-state index in [4.69, 9.17) is 14.5 Å². The van der Waals surface area contributed by atoms with E-state index in [1.54, 1.807) is 18.2 Å². The number of benzene rings is 1. The molecule has 5 rings (SSSR count). The van der Waals surface area contributed by atoms with Gasteiger partial charge >= 0.3 is 0 Å². The van der Waals surface area contributed by atoms with Crippen molar-refractivity contribution in [1.82, 2.24) is 9.88 Å². The van der Waals surface area contributed by atoms with Crippen LogP contribution in [0, 0.1) is 0 Å². The number of likely N-dealkylation sites (tertiary alicyclic amines) is 1. The predicted molar refractivity (Wildman–Crippen MR) is 113 cm³/mol. The molecule has 158 valence electrons. The SMILES string of the molecule is O=C(Nc1nc2c(s1)CCC[C@H]2C(=O)N1CCCCCC1)c1ccc2c(c1)OCO2. The van der Waals surface area contributed by atoms with Crippen molar-refractivity contribution in [3.05, 3.63) is 34.3 Å². The topological polar surface area (TPSA) is 80.8 Å². The number of carbonyl (C=O) groups excluding carboxylic acids is 2. The number of fused-ring (bicyclic) bond motifs is 2. The summed E-state index contributed by atoms with van der Waals surface area (Å²) in [6.07, 6.45) is 7.30. The molecule has 7 nitrogen and oxygen atoms in total. The molecule has 0 unspecified atom stereocenters. The Labute approximate surface area is 179 Å². The van der Waals surface area contributed by atoms with Crippen molar-refractivity contribution < 1.29 is 19.1 Å². The third-order valence-electron chi connectivity index (χ3n) is 6.03. The van der Waals surface area contributed by atoms with E-state index in [1.807, 2.05) is 4.90 Å². The highest BCUT2D eigenvalue weighted by molar-refractivity contribution is 7.16. The lowest BCUT2D eigenvalue weighted by atomic mass is 9.90. The molecule has 1 fully saturated rings. The number of nitrogens with zero attached hydrogens (tertiary/aromatic N) is 2. The minimum absolute atomic E-state index is 0.173. The summed E-state index contributed by atoms with van der Waals surface area (Å²) in [5, 5.41) is 3.46. The Morgan fingerprint density at radius 3 is 2.70 bits per heavy atom. The van der Waals surface area contributed by atoms with Crippen molar-refractivity contribution in [3.63, 3.8) is 0 Å². The van der Waals surface area contributed by atoms with E-state index < -0.39 is 0 Å². The van der Waals surface area contributed by atoms with Crippen LogP contribution in [-0.2, 0) is 11.2 Å². The average Bonchev–Trinajstić information content (AvgIpc) is 3.30. The summed E-state index contributed by atoms with van der Waals surface area (Å²) in [6.45, 7) is 1.87. The summed E-state index contributed by atoms with van der Waals surface area (Å²) in [5.74, 6) is 1.00. The Morgan fingerprint density at radius 2 is 1.87 bits per heavy atom. The molecule has 1 aliphatic carbocycles. The second-order valence-electron chi connectivity index (χ2n) is 8.03. The largest absolute Gasteiger partial charge is 0.454 e. The highest BCUT2D eigenvalue weighted by Gasteiger charge is 2.33. The molecule has 3 aliphatic rings. The molecule has 2 aliphatic heterocycles. The number of hydrogen-bond acceptors (Lipinski definition) is 6. The van der Waals surface area contributed by atoms with Gasteiger partial charge in [-0.15, -0.1) is 11.3 Å². The first-order valence-electron chi connectivity index (χ1n) is 10.7. The molecule has 1 atom stereocenters. The molecular weight excluding hydrogens is 402 g/mol. The minimum Gasteiger partial charge on any atom is -0.454 e. The van der Waals surface area contributed by atoms with Crippen LogP contribution in [0.3, 0.4) is 0 Å². The molecule has 0 radical (unpaired) electrons. The fraction of sp³-hybridized carbons (Fsp3) is 0.500. The minimum atomic E-state index is -0.241. The monoisotopic (exact) mass is 427 g/mol. The zero-order valence-corrected chi connectivity index (χ0v) is 17.6. The molecule has 0 spiro atoms. The summed E-state index contributed by atoms with van der Waals surface area (Å²) in [6, 6.07) is 5.12. The number of thiazole rings is 1. The highest BCUT2D eigenvalue weighted by atomic mass is 32.1. The molecule has 1 aromatic carbocycles. The van der Waals surface area contributed by atoms with Crippen molar-refractivity contribution in [1.29, 1.82) is 0 Å². The van der Waals surface area contributed by atoms with Crippen LogP contribution in [0.5, 0.6) is 11.5 Å². The first-order valence-corrected chi connectivity index (χ1v) is 11.5. The number of ether oxygens (including phenoxy) is 2. The van der Waals surface area contributed by atoms with Gasteiger partial charge in [0.25, 0.3) is 5.91 Å². The average molecular weight is 428 g/mol. The van der Waals surface area contributed by atoms with E-state index in [9.17, 15) is 9.59 Å². The van der Waals surface area contributed by atoms with Crippen molar-refractivity contribution in [3.8, 4) is 11.5 Å². The standard InChI is InChI=1S/C22H25N3O4S/c26-20(14-8-9-16-17(12-14)29-13-28-16)24-22-23-19-15(6-5-7-18(19)30-22)21(27)25-10-3-1-2-4-11-25/h8-9,12,15H,1-7,10-11,13H2,(H,23,24,26)/t15-/m1/s1. The fourth-order valence-electron chi connectivity index (χ4n) is 4.43. The zero-order valence-electron chi connectivity index (χ0n) is 16.8. The lowest BCUT2D eigenvalue weighted by Crippen LogP contribution is -2.37. The van der Waals surface area contributed by atoms with Crippen LogP contribution in [-0.4, -0.2) is 41.6 Å². The van der Waals surface area contributed by atoms with Crippen molar-refractivity contribution >= 4 is 28.3 Å². The number of anilines is 1. The molecule has 1 saturated heterocycles. The number of aromatic nitrogens is 1. The van der Waals surface area contributed by atoms with Crippen LogP contribution >= 0.6 is 11.3 Å². The maximum Gasteiger partial charge on any atom is 0.257 e. The van der Waals surface area contributed by atoms with E-state index in [-0.39, 0.29) is 24.5 Å². The van der Waals surface area contributed by atoms with Crippen LogP contribution in [0.15, 0.2) is 18.2 Å². The first kappa shape index (κ1) is 19.4. The fourth-order valence-corrected chi connectivity index (χ4v) is 5.49. The van der Waals surface area contributed by atoms with Gasteiger partial charge in [0, 0.05) is 23.5 Å². The van der Waals surface area contributed by atoms with Crippen molar-refractivity contribution in [2.75, 3.05) is 25.2 Å². The van der Waals surface area contributed by atoms with Crippen LogP contribution in [0.4, 0.5) is 5.13 Å². The van der Waals surface area contributed by atoms with Gasteiger partial charge in [-0.2, -0.15) is 0 Å². The quantitative estimate of drug-likeness (QED) is 0.802. The second-order valence-corrected chi connectivity index (χ2v) is 9.12. The van der Waals surface area contributed by atoms with Gasteiger partial charge in [0.15, 0.2) is 16.6 Å². The molecule has 0 saturated carbocycles. The number of amides is 2. The van der Waals surface area contributed by atoms with E-state index in [1.165, 1.54) is 24.2 Å². The van der Waals surface area contributed by atoms with Gasteiger partial charge in [-0.05, 0) is 50.3 Å². The lowest BCUT2D eigenvalue weighted by molar-refractivity contribution is -0.133. The Morgan fingerprint density at radius 1 is 1.07 bits per heavy atom. The van der Waals surface area contributed by atoms with Crippen LogP contribution < -0.4 is 14.8 Å². The van der Waals surface area contributed by atoms with Gasteiger partial charge in [0.05, 0.1) is 11.6 Å². The predicted octanol–water partition coefficient (Wildman–Crippen LogP) is 3.95. The van der Waals surface area contributed by atoms with Crippen LogP contribution in [0.25, 0.3) is 0 Å². The van der Waals surface area contributed by atoms with Gasteiger partial charge in [-0.3, -0.25) is 14.9 Å². The number of nitrogens with one attached hydrogen (secondary N) is 1. The van der Waals surface area contributed by atoms with Gasteiger partial charge in [-0.25, -0.2) is 4.98 Å². The van der Waals surface area contributed by atoms with E-state index >= 15 is 0 Å². The summed E-state index contributed by atoms with van der Waals surface area (Å²) in [7, 11) is 0. The summed E-state index contributed by atoms with van der Waals surface area (Å²) in [4.78, 5) is 33.8. The molecule has 8 heteroatoms. The summed E-state index contributed by atoms with van der Waals surface area (Å²) in [5.41, 5.74) is 1.35. The molecule has 3 heterocycles. The van der Waals surface area contributed by atoms with Crippen LogP contribution in [0.2, 0.25) is 0 Å². The Bertz CT molecular complexity index is 965. The number of hydrogen-bond donors (Lipinski definition) is 1. The Kier molecular flexibility index (Phi) is 5.33. The lowest BCUT2D eigenvalue weighted by Gasteiger charge is -2.27. The molecule has 30 heavy (non-hydrogen) atoms. The number of rotatable bonds is 3. The third kappa shape index (κ3) is 3.76. The zero-order chi connectivity index (χ0) is 20.5. The van der Waals surface area contributed by atoms with Gasteiger partial charge in [0.1, 0.15) is 0 Å². The number of aryl methyl sites for hydroxylation is 1. The summed E-state index contributed by atoms with van der Waals surface area (Å²) < 4.78 is 10.7. The molecule has 0 bridgehead atoms. The highest BCUT2D eigenvalue weighted by Crippen LogP contribution is 2.38. The third-order valence-corrected chi connectivity index (χ3v) is 7.07. The Hall–Kier alpha value is -2.61. The van der Waals surface area contributed by atoms with E-state index in [0.717, 1.165) is 55.8 Å². The Balaban J connectivity index is 1.32. The summed E-state index contributed by atoms with van der Waals surface area (Å²) >= 11 is 1.49. The molecule has 1 N–H and O–H groups in total. The van der Waals surface area contributed by atoms with Crippen molar-refractivity contribution in [2.24, 2.45) is 0 Å². The maximum atomic E-state index is 13.2. The van der Waals surface area contributed by atoms with Crippen molar-refractivity contribution in [2.45, 2.75) is 50.9 Å². The van der Waals surface area contributed by atoms with E-state index in [2.05, 4.69) is 5.32 Å². The molecule has 2 amide bonds. The van der Waals surface area contributed by atoms with Gasteiger partial charge in [0.2, 0.25) is 12.7 Å². The normalized spacial score (nSPS) is 20.4. The molecule has 1 aromatic heterocycles.